The van der Waals surface area contributed by atoms with E-state index in [2.05, 4.69) is 130 Å². The molecule has 73 heavy (non-hydrogen) atoms. The van der Waals surface area contributed by atoms with Gasteiger partial charge in [-0.05, 0) is 89.9 Å². The summed E-state index contributed by atoms with van der Waals surface area (Å²) in [5, 5.41) is 0. The molecule has 6 heteroatoms. The average molecular weight is 1010 g/mol. The number of rotatable bonds is 53. The van der Waals surface area contributed by atoms with E-state index < -0.39 is 12.1 Å². The van der Waals surface area contributed by atoms with E-state index >= 15 is 0 Å². The van der Waals surface area contributed by atoms with Crippen molar-refractivity contribution in [1.82, 2.24) is 0 Å². The second-order valence-corrected chi connectivity index (χ2v) is 19.5. The standard InChI is InChI=1S/C67H110O6/c1-4-7-10-13-16-19-22-25-28-30-32-33-35-36-39-42-45-48-51-54-57-60-66(69)72-63-64(62-71-65(68)59-56-53-50-47-44-41-38-27-24-21-18-15-12-9-6-3)73-67(70)61-58-55-52-49-46-43-40-37-34-31-29-26-23-20-17-14-11-8-5-2/h7,9-10,12,16,18-19,21,25,27-28,32-33,36,38-39,44,47,53,56,64H,4-6,8,11,13-15,17,20,22-24,26,29-31,34-35,37,40-43,45-46,48-52,54-55,57-63H2,1-3H3/b10-7-,12-9-,19-16-,21-18-,28-25-,33-32-,38-27-,39-36-,47-44-,56-53-. The first-order valence-corrected chi connectivity index (χ1v) is 30.0. The van der Waals surface area contributed by atoms with E-state index in [1.165, 1.54) is 103 Å². The minimum Gasteiger partial charge on any atom is -0.462 e. The van der Waals surface area contributed by atoms with Gasteiger partial charge in [0, 0.05) is 12.8 Å². The van der Waals surface area contributed by atoms with Gasteiger partial charge in [-0.3, -0.25) is 14.4 Å². The third-order valence-corrected chi connectivity index (χ3v) is 12.5. The number of ether oxygens (including phenoxy) is 3. The average Bonchev–Trinajstić information content (AvgIpc) is 3.39. The Morgan fingerprint density at radius 3 is 0.959 bits per heavy atom. The van der Waals surface area contributed by atoms with Crippen molar-refractivity contribution in [2.24, 2.45) is 0 Å². The summed E-state index contributed by atoms with van der Waals surface area (Å²) in [4.78, 5) is 38.2. The smallest absolute Gasteiger partial charge is 0.309 e. The molecule has 0 amide bonds. The summed E-state index contributed by atoms with van der Waals surface area (Å²) in [6.07, 6.45) is 83.6. The van der Waals surface area contributed by atoms with Crippen molar-refractivity contribution < 1.29 is 28.6 Å². The Labute approximate surface area is 450 Å². The molecule has 0 aliphatic carbocycles. The first kappa shape index (κ1) is 68.8. The maximum absolute atomic E-state index is 12.9. The first-order chi connectivity index (χ1) is 36.0. The predicted octanol–water partition coefficient (Wildman–Crippen LogP) is 20.4. The van der Waals surface area contributed by atoms with E-state index in [0.717, 1.165) is 122 Å². The second kappa shape index (κ2) is 60.4. The molecule has 0 aromatic rings. The summed E-state index contributed by atoms with van der Waals surface area (Å²) in [5.41, 5.74) is 0. The number of hydrogen-bond acceptors (Lipinski definition) is 6. The van der Waals surface area contributed by atoms with Crippen LogP contribution in [0.5, 0.6) is 0 Å². The van der Waals surface area contributed by atoms with Crippen LogP contribution in [-0.2, 0) is 28.6 Å². The van der Waals surface area contributed by atoms with E-state index in [1.807, 2.05) is 6.08 Å². The monoisotopic (exact) mass is 1010 g/mol. The van der Waals surface area contributed by atoms with E-state index in [1.54, 1.807) is 6.08 Å². The zero-order valence-corrected chi connectivity index (χ0v) is 47.4. The summed E-state index contributed by atoms with van der Waals surface area (Å²) in [5.74, 6) is -1.07. The Morgan fingerprint density at radius 1 is 0.301 bits per heavy atom. The van der Waals surface area contributed by atoms with Gasteiger partial charge in [0.25, 0.3) is 0 Å². The molecular formula is C67H110O6. The highest BCUT2D eigenvalue weighted by Crippen LogP contribution is 2.16. The van der Waals surface area contributed by atoms with Crippen molar-refractivity contribution in [2.75, 3.05) is 13.2 Å². The summed E-state index contributed by atoms with van der Waals surface area (Å²) in [6, 6.07) is 0. The topological polar surface area (TPSA) is 78.9 Å². The molecule has 1 atom stereocenters. The van der Waals surface area contributed by atoms with Gasteiger partial charge in [0.15, 0.2) is 6.10 Å². The van der Waals surface area contributed by atoms with Crippen LogP contribution >= 0.6 is 0 Å². The van der Waals surface area contributed by atoms with Gasteiger partial charge in [-0.1, -0.05) is 277 Å². The highest BCUT2D eigenvalue weighted by Gasteiger charge is 2.19. The van der Waals surface area contributed by atoms with Crippen LogP contribution in [0, 0.1) is 0 Å². The second-order valence-electron chi connectivity index (χ2n) is 19.5. The minimum atomic E-state index is -0.829. The number of hydrogen-bond donors (Lipinski definition) is 0. The minimum absolute atomic E-state index is 0.119. The number of allylic oxidation sites excluding steroid dienone is 19. The number of unbranched alkanes of at least 4 members (excludes halogenated alkanes) is 23. The van der Waals surface area contributed by atoms with Crippen LogP contribution in [0.15, 0.2) is 122 Å². The molecule has 0 N–H and O–H groups in total. The Hall–Kier alpha value is -4.19. The summed E-state index contributed by atoms with van der Waals surface area (Å²) >= 11 is 0. The van der Waals surface area contributed by atoms with Gasteiger partial charge in [-0.2, -0.15) is 0 Å². The van der Waals surface area contributed by atoms with Crippen LogP contribution in [0.1, 0.15) is 265 Å². The van der Waals surface area contributed by atoms with Crippen molar-refractivity contribution >= 4 is 17.9 Å². The summed E-state index contributed by atoms with van der Waals surface area (Å²) < 4.78 is 16.8. The molecule has 414 valence electrons. The lowest BCUT2D eigenvalue weighted by Gasteiger charge is -2.18. The van der Waals surface area contributed by atoms with Crippen molar-refractivity contribution in [2.45, 2.75) is 271 Å². The van der Waals surface area contributed by atoms with Crippen LogP contribution in [-0.4, -0.2) is 37.2 Å². The molecule has 1 unspecified atom stereocenters. The summed E-state index contributed by atoms with van der Waals surface area (Å²) in [6.45, 7) is 6.32. The molecule has 0 saturated heterocycles. The quantitative estimate of drug-likeness (QED) is 0.0261. The van der Waals surface area contributed by atoms with Gasteiger partial charge in [0.1, 0.15) is 13.2 Å². The molecule has 6 nitrogen and oxygen atoms in total. The lowest BCUT2D eigenvalue weighted by molar-refractivity contribution is -0.166. The predicted molar refractivity (Wildman–Crippen MR) is 316 cm³/mol. The highest BCUT2D eigenvalue weighted by atomic mass is 16.6. The van der Waals surface area contributed by atoms with Gasteiger partial charge in [-0.15, -0.1) is 0 Å². The van der Waals surface area contributed by atoms with Crippen molar-refractivity contribution in [3.8, 4) is 0 Å². The fourth-order valence-electron chi connectivity index (χ4n) is 8.07. The van der Waals surface area contributed by atoms with Gasteiger partial charge < -0.3 is 14.2 Å². The van der Waals surface area contributed by atoms with Gasteiger partial charge in [-0.25, -0.2) is 0 Å². The van der Waals surface area contributed by atoms with Gasteiger partial charge in [0.05, 0.1) is 6.42 Å². The zero-order chi connectivity index (χ0) is 52.9. The number of esters is 3. The molecule has 0 radical (unpaired) electrons. The zero-order valence-electron chi connectivity index (χ0n) is 47.4. The van der Waals surface area contributed by atoms with Crippen LogP contribution in [0.4, 0.5) is 0 Å². The van der Waals surface area contributed by atoms with E-state index in [4.69, 9.17) is 14.2 Å². The fraction of sp³-hybridized carbons (Fsp3) is 0.657. The maximum Gasteiger partial charge on any atom is 0.309 e. The van der Waals surface area contributed by atoms with Gasteiger partial charge in [0.2, 0.25) is 0 Å². The van der Waals surface area contributed by atoms with Crippen LogP contribution < -0.4 is 0 Å². The van der Waals surface area contributed by atoms with E-state index in [0.29, 0.717) is 12.8 Å². The molecule has 0 saturated carbocycles. The Morgan fingerprint density at radius 2 is 0.589 bits per heavy atom. The van der Waals surface area contributed by atoms with Crippen molar-refractivity contribution in [3.05, 3.63) is 122 Å². The number of carbonyl (C=O) groups is 3. The van der Waals surface area contributed by atoms with Gasteiger partial charge >= 0.3 is 17.9 Å². The molecule has 0 aliphatic rings. The fourth-order valence-corrected chi connectivity index (χ4v) is 8.07. The maximum atomic E-state index is 12.9. The normalized spacial score (nSPS) is 13.0. The Balaban J connectivity index is 4.50. The molecule has 0 heterocycles. The molecule has 0 bridgehead atoms. The molecule has 0 spiro atoms. The van der Waals surface area contributed by atoms with Crippen LogP contribution in [0.25, 0.3) is 0 Å². The largest absolute Gasteiger partial charge is 0.462 e. The summed E-state index contributed by atoms with van der Waals surface area (Å²) in [7, 11) is 0. The van der Waals surface area contributed by atoms with Crippen LogP contribution in [0.3, 0.4) is 0 Å². The highest BCUT2D eigenvalue weighted by molar-refractivity contribution is 5.72. The Kier molecular flexibility index (Phi) is 56.9. The van der Waals surface area contributed by atoms with Crippen LogP contribution in [0.2, 0.25) is 0 Å². The van der Waals surface area contributed by atoms with E-state index in [9.17, 15) is 14.4 Å². The third-order valence-electron chi connectivity index (χ3n) is 12.5. The first-order valence-electron chi connectivity index (χ1n) is 30.0. The molecule has 0 aliphatic heterocycles. The lowest BCUT2D eigenvalue weighted by Crippen LogP contribution is -2.30. The van der Waals surface area contributed by atoms with Crippen molar-refractivity contribution in [3.63, 3.8) is 0 Å². The van der Waals surface area contributed by atoms with E-state index in [-0.39, 0.29) is 31.6 Å². The Bertz CT molecular complexity index is 1540. The third kappa shape index (κ3) is 58.6. The number of carbonyl (C=O) groups excluding carboxylic acids is 3. The molecule has 0 rings (SSSR count). The SMILES string of the molecule is CC/C=C\C/C=C\C/C=C\C/C=C\C/C=C\CCCCCCCC(=O)OCC(COC(=O)C/C=C\C/C=C\C/C=C\C/C=C\C/C=C\CC)OC(=O)CCCCCCCCCCCCCCCCCCCCC. The molecular weight excluding hydrogens is 901 g/mol. The molecule has 0 fully saturated rings. The lowest BCUT2D eigenvalue weighted by atomic mass is 10.0. The molecule has 0 aromatic carbocycles. The molecule has 0 aromatic heterocycles. The van der Waals surface area contributed by atoms with Crippen molar-refractivity contribution in [1.29, 1.82) is 0 Å².